The highest BCUT2D eigenvalue weighted by atomic mass is 16.5. The molecule has 1 atom stereocenters. The van der Waals surface area contributed by atoms with Gasteiger partial charge in [0, 0.05) is 36.8 Å². The van der Waals surface area contributed by atoms with Gasteiger partial charge in [-0.15, -0.1) is 0 Å². The van der Waals surface area contributed by atoms with Crippen molar-refractivity contribution in [3.05, 3.63) is 89.3 Å². The Bertz CT molecular complexity index is 1250. The van der Waals surface area contributed by atoms with Crippen LogP contribution in [0, 0.1) is 0 Å². The van der Waals surface area contributed by atoms with Crippen molar-refractivity contribution < 1.29 is 24.2 Å². The van der Waals surface area contributed by atoms with Gasteiger partial charge in [-0.3, -0.25) is 9.48 Å². The van der Waals surface area contributed by atoms with Crippen LogP contribution in [0.1, 0.15) is 35.6 Å². The second kappa shape index (κ2) is 10.3. The molecule has 1 aromatic heterocycles. The van der Waals surface area contributed by atoms with Crippen LogP contribution in [0.4, 0.5) is 4.79 Å². The van der Waals surface area contributed by atoms with Crippen molar-refractivity contribution in [2.45, 2.75) is 18.9 Å². The molecule has 35 heavy (non-hydrogen) atoms. The van der Waals surface area contributed by atoms with Gasteiger partial charge in [-0.25, -0.2) is 9.59 Å². The highest BCUT2D eigenvalue weighted by Crippen LogP contribution is 2.44. The topological polar surface area (TPSA) is 123 Å². The molecule has 1 heterocycles. The predicted molar refractivity (Wildman–Crippen MR) is 129 cm³/mol. The van der Waals surface area contributed by atoms with Gasteiger partial charge in [0.25, 0.3) is 0 Å². The Morgan fingerprint density at radius 3 is 2.31 bits per heavy atom. The molecule has 0 radical (unpaired) electrons. The van der Waals surface area contributed by atoms with Crippen molar-refractivity contribution in [2.24, 2.45) is 7.05 Å². The van der Waals surface area contributed by atoms with Gasteiger partial charge in [0.05, 0.1) is 6.20 Å². The minimum Gasteiger partial charge on any atom is -0.478 e. The summed E-state index contributed by atoms with van der Waals surface area (Å²) in [6, 6.07) is 15.0. The predicted octanol–water partition coefficient (Wildman–Crippen LogP) is 3.15. The van der Waals surface area contributed by atoms with Crippen LogP contribution in [-0.2, 0) is 21.4 Å². The van der Waals surface area contributed by atoms with Gasteiger partial charge >= 0.3 is 12.1 Å². The van der Waals surface area contributed by atoms with E-state index >= 15 is 0 Å². The van der Waals surface area contributed by atoms with E-state index in [1.807, 2.05) is 36.4 Å². The van der Waals surface area contributed by atoms with Crippen LogP contribution in [-0.4, -0.2) is 46.0 Å². The lowest BCUT2D eigenvalue weighted by molar-refractivity contribution is -0.132. The summed E-state index contributed by atoms with van der Waals surface area (Å²) in [4.78, 5) is 36.5. The fourth-order valence-electron chi connectivity index (χ4n) is 4.14. The standard InChI is InChI=1S/C26H26N4O5/c1-16(25(32)33)11-12-27-24(31)23(17-13-28-30(2)14-17)29-26(34)35-15-22-20-9-5-3-7-18(20)19-8-4-6-10-21(19)22/h3-11,13-14,22-23H,12,15H2,1-2H3,(H,27,31)(H,29,34)(H,32,33)/b16-11+. The summed E-state index contributed by atoms with van der Waals surface area (Å²) in [5.41, 5.74) is 4.99. The summed E-state index contributed by atoms with van der Waals surface area (Å²) < 4.78 is 7.09. The third kappa shape index (κ3) is 5.24. The van der Waals surface area contributed by atoms with Gasteiger partial charge in [0.2, 0.25) is 5.91 Å². The van der Waals surface area contributed by atoms with Crippen LogP contribution >= 0.6 is 0 Å². The van der Waals surface area contributed by atoms with Crippen molar-refractivity contribution in [3.8, 4) is 11.1 Å². The number of aryl methyl sites for hydroxylation is 1. The van der Waals surface area contributed by atoms with E-state index in [4.69, 9.17) is 9.84 Å². The summed E-state index contributed by atoms with van der Waals surface area (Å²) in [6.07, 6.45) is 3.74. The van der Waals surface area contributed by atoms with Crippen molar-refractivity contribution in [3.63, 3.8) is 0 Å². The summed E-state index contributed by atoms with van der Waals surface area (Å²) >= 11 is 0. The van der Waals surface area contributed by atoms with Gasteiger partial charge in [-0.05, 0) is 29.2 Å². The first-order chi connectivity index (χ1) is 16.8. The van der Waals surface area contributed by atoms with Gasteiger partial charge in [0.1, 0.15) is 12.6 Å². The van der Waals surface area contributed by atoms with E-state index in [-0.39, 0.29) is 24.6 Å². The molecule has 0 bridgehead atoms. The molecule has 2 aromatic carbocycles. The van der Waals surface area contributed by atoms with Crippen LogP contribution in [0.2, 0.25) is 0 Å². The SMILES string of the molecule is C/C(=C\CNC(=O)C(NC(=O)OCC1c2ccccc2-c2ccccc21)c1cnn(C)c1)C(=O)O. The zero-order valence-corrected chi connectivity index (χ0v) is 19.4. The molecule has 1 aliphatic rings. The molecular formula is C26H26N4O5. The maximum atomic E-state index is 12.8. The Morgan fingerprint density at radius 1 is 1.11 bits per heavy atom. The summed E-state index contributed by atoms with van der Waals surface area (Å²) in [5, 5.41) is 18.3. The van der Waals surface area contributed by atoms with Crippen LogP contribution in [0.3, 0.4) is 0 Å². The second-order valence-electron chi connectivity index (χ2n) is 8.29. The van der Waals surface area contributed by atoms with E-state index in [2.05, 4.69) is 27.9 Å². The zero-order valence-electron chi connectivity index (χ0n) is 19.4. The molecular weight excluding hydrogens is 448 g/mol. The molecule has 0 spiro atoms. The lowest BCUT2D eigenvalue weighted by atomic mass is 9.98. The molecule has 1 aliphatic carbocycles. The number of carbonyl (C=O) groups excluding carboxylic acids is 2. The number of aromatic nitrogens is 2. The lowest BCUT2D eigenvalue weighted by Gasteiger charge is -2.19. The van der Waals surface area contributed by atoms with Crippen molar-refractivity contribution >= 4 is 18.0 Å². The van der Waals surface area contributed by atoms with Crippen LogP contribution in [0.25, 0.3) is 11.1 Å². The number of amides is 2. The Labute approximate surface area is 202 Å². The molecule has 9 heteroatoms. The number of hydrogen-bond donors (Lipinski definition) is 3. The molecule has 3 aromatic rings. The number of fused-ring (bicyclic) bond motifs is 3. The number of benzene rings is 2. The number of hydrogen-bond acceptors (Lipinski definition) is 5. The number of rotatable bonds is 8. The summed E-state index contributed by atoms with van der Waals surface area (Å²) in [6.45, 7) is 1.55. The monoisotopic (exact) mass is 474 g/mol. The van der Waals surface area contributed by atoms with Crippen molar-refractivity contribution in [1.82, 2.24) is 20.4 Å². The quantitative estimate of drug-likeness (QED) is 0.431. The number of aliphatic carboxylic acids is 1. The molecule has 0 saturated heterocycles. The molecule has 0 aliphatic heterocycles. The second-order valence-corrected chi connectivity index (χ2v) is 8.29. The Balaban J connectivity index is 1.44. The fourth-order valence-corrected chi connectivity index (χ4v) is 4.14. The molecule has 4 rings (SSSR count). The first kappa shape index (κ1) is 23.7. The molecule has 9 nitrogen and oxygen atoms in total. The molecule has 0 saturated carbocycles. The molecule has 0 fully saturated rings. The molecule has 2 amide bonds. The normalized spacial score (nSPS) is 13.5. The third-order valence-electron chi connectivity index (χ3n) is 5.95. The average Bonchev–Trinajstić information content (AvgIpc) is 3.42. The van der Waals surface area contributed by atoms with Gasteiger partial charge in [-0.1, -0.05) is 54.6 Å². The Morgan fingerprint density at radius 2 is 1.74 bits per heavy atom. The van der Waals surface area contributed by atoms with E-state index in [0.29, 0.717) is 5.56 Å². The Kier molecular flexibility index (Phi) is 6.96. The number of carboxylic acids is 1. The van der Waals surface area contributed by atoms with Gasteiger partial charge in [-0.2, -0.15) is 5.10 Å². The van der Waals surface area contributed by atoms with E-state index in [9.17, 15) is 14.4 Å². The van der Waals surface area contributed by atoms with Crippen molar-refractivity contribution in [1.29, 1.82) is 0 Å². The summed E-state index contributed by atoms with van der Waals surface area (Å²) in [7, 11) is 1.70. The van der Waals surface area contributed by atoms with Crippen molar-refractivity contribution in [2.75, 3.05) is 13.2 Å². The van der Waals surface area contributed by atoms with Gasteiger partial charge in [0.15, 0.2) is 0 Å². The maximum absolute atomic E-state index is 12.8. The van der Waals surface area contributed by atoms with Gasteiger partial charge < -0.3 is 20.5 Å². The first-order valence-electron chi connectivity index (χ1n) is 11.1. The number of nitrogens with zero attached hydrogens (tertiary/aromatic N) is 2. The van der Waals surface area contributed by atoms with E-state index in [0.717, 1.165) is 22.3 Å². The smallest absolute Gasteiger partial charge is 0.408 e. The van der Waals surface area contributed by atoms with E-state index in [1.165, 1.54) is 23.9 Å². The fraction of sp³-hybridized carbons (Fsp3) is 0.231. The molecule has 3 N–H and O–H groups in total. The first-order valence-corrected chi connectivity index (χ1v) is 11.1. The minimum atomic E-state index is -1.07. The number of carbonyl (C=O) groups is 3. The lowest BCUT2D eigenvalue weighted by Crippen LogP contribution is -2.41. The minimum absolute atomic E-state index is 0.0000978. The van der Waals surface area contributed by atoms with E-state index in [1.54, 1.807) is 13.2 Å². The molecule has 180 valence electrons. The summed E-state index contributed by atoms with van der Waals surface area (Å²) in [5.74, 6) is -1.69. The molecule has 1 unspecified atom stereocenters. The van der Waals surface area contributed by atoms with Crippen LogP contribution < -0.4 is 10.6 Å². The van der Waals surface area contributed by atoms with E-state index < -0.39 is 24.0 Å². The van der Waals surface area contributed by atoms with Crippen LogP contribution in [0.5, 0.6) is 0 Å². The van der Waals surface area contributed by atoms with Crippen LogP contribution in [0.15, 0.2) is 72.6 Å². The highest BCUT2D eigenvalue weighted by Gasteiger charge is 2.30. The average molecular weight is 475 g/mol. The largest absolute Gasteiger partial charge is 0.478 e. The maximum Gasteiger partial charge on any atom is 0.408 e. The number of ether oxygens (including phenoxy) is 1. The number of nitrogens with one attached hydrogen (secondary N) is 2. The highest BCUT2D eigenvalue weighted by molar-refractivity contribution is 5.88. The number of carboxylic acid groups (broad SMARTS) is 1. The zero-order chi connectivity index (χ0) is 24.9. The third-order valence-corrected chi connectivity index (χ3v) is 5.95. The number of alkyl carbamates (subject to hydrolysis) is 1. The Hall–Kier alpha value is -4.40.